The topological polar surface area (TPSA) is 79.9 Å². The Bertz CT molecular complexity index is 879. The molecule has 0 radical (unpaired) electrons. The molecule has 2 aromatic carbocycles. The van der Waals surface area contributed by atoms with Crippen molar-refractivity contribution in [2.75, 3.05) is 12.4 Å². The van der Waals surface area contributed by atoms with Crippen molar-refractivity contribution in [3.63, 3.8) is 0 Å². The van der Waals surface area contributed by atoms with Crippen LogP contribution in [0.5, 0.6) is 5.75 Å². The number of thioether (sulfide) groups is 1. The lowest BCUT2D eigenvalue weighted by Crippen LogP contribution is -2.12. The number of ether oxygens (including phenoxy) is 1. The van der Waals surface area contributed by atoms with Gasteiger partial charge in [0.2, 0.25) is 0 Å². The summed E-state index contributed by atoms with van der Waals surface area (Å²) in [7, 11) is 1.47. The van der Waals surface area contributed by atoms with E-state index in [4.69, 9.17) is 27.9 Å². The van der Waals surface area contributed by atoms with Crippen LogP contribution < -0.4 is 10.1 Å². The number of nitrogens with zero attached hydrogens (tertiary/aromatic N) is 2. The first-order valence-electron chi connectivity index (χ1n) is 7.48. The molecule has 1 heterocycles. The summed E-state index contributed by atoms with van der Waals surface area (Å²) in [6, 6.07) is 10.6. The Hall–Kier alpha value is -2.22. The predicted molar refractivity (Wildman–Crippen MR) is 103 cm³/mol. The minimum absolute atomic E-state index is 0.282. The minimum Gasteiger partial charge on any atom is -0.494 e. The average molecular weight is 409 g/mol. The van der Waals surface area contributed by atoms with Gasteiger partial charge in [-0.25, -0.2) is 4.98 Å². The quantitative estimate of drug-likeness (QED) is 0.579. The van der Waals surface area contributed by atoms with Gasteiger partial charge >= 0.3 is 0 Å². The van der Waals surface area contributed by atoms with Crippen LogP contribution in [0.25, 0.3) is 0 Å². The Morgan fingerprint density at radius 1 is 1.23 bits per heavy atom. The third kappa shape index (κ3) is 4.49. The number of H-pyrrole nitrogens is 1. The van der Waals surface area contributed by atoms with Gasteiger partial charge in [0.05, 0.1) is 17.2 Å². The number of carbonyl (C=O) groups is 1. The van der Waals surface area contributed by atoms with Gasteiger partial charge in [0.1, 0.15) is 6.33 Å². The van der Waals surface area contributed by atoms with Gasteiger partial charge in [-0.2, -0.15) is 5.10 Å². The van der Waals surface area contributed by atoms with E-state index in [-0.39, 0.29) is 16.0 Å². The molecule has 0 aliphatic heterocycles. The van der Waals surface area contributed by atoms with Gasteiger partial charge < -0.3 is 10.1 Å². The van der Waals surface area contributed by atoms with E-state index < -0.39 is 0 Å². The average Bonchev–Trinajstić information content (AvgIpc) is 3.14. The number of anilines is 1. The lowest BCUT2D eigenvalue weighted by atomic mass is 10.2. The maximum absolute atomic E-state index is 12.4. The van der Waals surface area contributed by atoms with Gasteiger partial charge in [0, 0.05) is 17.0 Å². The number of carbonyl (C=O) groups excluding carboxylic acids is 1. The van der Waals surface area contributed by atoms with Crippen molar-refractivity contribution in [1.29, 1.82) is 0 Å². The van der Waals surface area contributed by atoms with E-state index in [9.17, 15) is 4.79 Å². The number of amides is 1. The summed E-state index contributed by atoms with van der Waals surface area (Å²) in [6.07, 6.45) is 1.47. The molecule has 0 atom stereocenters. The first-order valence-corrected chi connectivity index (χ1v) is 9.22. The number of aromatic nitrogens is 3. The SMILES string of the molecule is COc1c(Cl)cc(C(=O)Nc2ccc(CSc3ncn[nH]3)cc2)cc1Cl. The zero-order valence-electron chi connectivity index (χ0n) is 13.6. The number of halogens is 2. The van der Waals surface area contributed by atoms with E-state index in [1.807, 2.05) is 24.3 Å². The molecule has 2 N–H and O–H groups in total. The molecule has 3 aromatic rings. The number of hydrogen-bond acceptors (Lipinski definition) is 5. The molecule has 0 aliphatic carbocycles. The molecule has 6 nitrogen and oxygen atoms in total. The molecule has 3 rings (SSSR count). The second-order valence-electron chi connectivity index (χ2n) is 5.20. The van der Waals surface area contributed by atoms with Crippen molar-refractivity contribution in [2.24, 2.45) is 0 Å². The molecule has 1 amide bonds. The highest BCUT2D eigenvalue weighted by molar-refractivity contribution is 7.98. The number of nitrogens with one attached hydrogen (secondary N) is 2. The van der Waals surface area contributed by atoms with E-state index in [1.54, 1.807) is 11.8 Å². The van der Waals surface area contributed by atoms with Crippen molar-refractivity contribution in [3.05, 3.63) is 63.9 Å². The van der Waals surface area contributed by atoms with E-state index in [2.05, 4.69) is 20.5 Å². The Balaban J connectivity index is 1.64. The molecule has 134 valence electrons. The first-order chi connectivity index (χ1) is 12.6. The van der Waals surface area contributed by atoms with Crippen LogP contribution in [0.1, 0.15) is 15.9 Å². The monoisotopic (exact) mass is 408 g/mol. The summed E-state index contributed by atoms with van der Waals surface area (Å²) >= 11 is 13.7. The largest absolute Gasteiger partial charge is 0.494 e. The van der Waals surface area contributed by atoms with Crippen molar-refractivity contribution in [2.45, 2.75) is 10.9 Å². The smallest absolute Gasteiger partial charge is 0.255 e. The Labute approximate surface area is 164 Å². The zero-order valence-corrected chi connectivity index (χ0v) is 16.0. The number of hydrogen-bond donors (Lipinski definition) is 2. The van der Waals surface area contributed by atoms with Crippen molar-refractivity contribution in [1.82, 2.24) is 15.2 Å². The van der Waals surface area contributed by atoms with Gasteiger partial charge in [-0.15, -0.1) is 0 Å². The highest BCUT2D eigenvalue weighted by atomic mass is 35.5. The fourth-order valence-corrected chi connectivity index (χ4v) is 3.57. The summed E-state index contributed by atoms with van der Waals surface area (Å²) in [5.74, 6) is 0.784. The molecule has 0 saturated carbocycles. The van der Waals surface area contributed by atoms with E-state index in [0.29, 0.717) is 17.0 Å². The molecular weight excluding hydrogens is 395 g/mol. The van der Waals surface area contributed by atoms with Crippen molar-refractivity contribution in [3.8, 4) is 5.75 Å². The highest BCUT2D eigenvalue weighted by Crippen LogP contribution is 2.34. The third-order valence-corrected chi connectivity index (χ3v) is 4.95. The van der Waals surface area contributed by atoms with Crippen LogP contribution in [-0.2, 0) is 5.75 Å². The predicted octanol–water partition coefficient (Wildman–Crippen LogP) is 4.66. The molecule has 9 heteroatoms. The fourth-order valence-electron chi connectivity index (χ4n) is 2.19. The van der Waals surface area contributed by atoms with Crippen molar-refractivity contribution < 1.29 is 9.53 Å². The van der Waals surface area contributed by atoms with Gasteiger partial charge in [-0.3, -0.25) is 9.89 Å². The lowest BCUT2D eigenvalue weighted by molar-refractivity contribution is 0.102. The van der Waals surface area contributed by atoms with Gasteiger partial charge in [-0.05, 0) is 29.8 Å². The summed E-state index contributed by atoms with van der Waals surface area (Å²) < 4.78 is 5.08. The van der Waals surface area contributed by atoms with E-state index >= 15 is 0 Å². The lowest BCUT2D eigenvalue weighted by Gasteiger charge is -2.10. The number of aromatic amines is 1. The second kappa shape index (κ2) is 8.44. The van der Waals surface area contributed by atoms with Crippen LogP contribution in [0.15, 0.2) is 47.9 Å². The summed E-state index contributed by atoms with van der Waals surface area (Å²) in [6.45, 7) is 0. The Morgan fingerprint density at radius 2 is 1.92 bits per heavy atom. The Morgan fingerprint density at radius 3 is 2.50 bits per heavy atom. The van der Waals surface area contributed by atoms with E-state index in [1.165, 1.54) is 25.6 Å². The maximum atomic E-state index is 12.4. The number of benzene rings is 2. The highest BCUT2D eigenvalue weighted by Gasteiger charge is 2.13. The van der Waals surface area contributed by atoms with E-state index in [0.717, 1.165) is 16.5 Å². The van der Waals surface area contributed by atoms with Crippen LogP contribution in [0.2, 0.25) is 10.0 Å². The van der Waals surface area contributed by atoms with Gasteiger partial charge in [0.15, 0.2) is 10.9 Å². The number of methoxy groups -OCH3 is 1. The molecule has 0 fully saturated rings. The standard InChI is InChI=1S/C17H14Cl2N4O2S/c1-25-15-13(18)6-11(7-14(15)19)16(24)22-12-4-2-10(3-5-12)8-26-17-20-9-21-23-17/h2-7,9H,8H2,1H3,(H,22,24)(H,20,21,23). The van der Waals surface area contributed by atoms with Crippen LogP contribution in [0.3, 0.4) is 0 Å². The molecule has 0 spiro atoms. The molecule has 0 bridgehead atoms. The van der Waals surface area contributed by atoms with Crippen LogP contribution in [-0.4, -0.2) is 28.2 Å². The fraction of sp³-hybridized carbons (Fsp3) is 0.118. The van der Waals surface area contributed by atoms with Crippen LogP contribution in [0, 0.1) is 0 Å². The van der Waals surface area contributed by atoms with Crippen LogP contribution in [0.4, 0.5) is 5.69 Å². The second-order valence-corrected chi connectivity index (χ2v) is 6.98. The zero-order chi connectivity index (χ0) is 18.5. The maximum Gasteiger partial charge on any atom is 0.255 e. The molecule has 26 heavy (non-hydrogen) atoms. The number of rotatable bonds is 6. The molecular formula is C17H14Cl2N4O2S. The van der Waals surface area contributed by atoms with Gasteiger partial charge in [-0.1, -0.05) is 47.1 Å². The molecule has 0 unspecified atom stereocenters. The summed E-state index contributed by atoms with van der Waals surface area (Å²) in [5.41, 5.74) is 2.12. The van der Waals surface area contributed by atoms with Crippen molar-refractivity contribution >= 4 is 46.6 Å². The van der Waals surface area contributed by atoms with Gasteiger partial charge in [0.25, 0.3) is 5.91 Å². The van der Waals surface area contributed by atoms with Crippen LogP contribution >= 0.6 is 35.0 Å². The first kappa shape index (κ1) is 18.6. The minimum atomic E-state index is -0.305. The third-order valence-electron chi connectivity index (χ3n) is 3.44. The molecule has 0 aliphatic rings. The summed E-state index contributed by atoms with van der Waals surface area (Å²) in [5, 5.41) is 10.7. The molecule has 0 saturated heterocycles. The summed E-state index contributed by atoms with van der Waals surface area (Å²) in [4.78, 5) is 16.4. The molecule has 1 aromatic heterocycles. The Kier molecular flexibility index (Phi) is 6.03. The normalized spacial score (nSPS) is 10.6.